The van der Waals surface area contributed by atoms with Gasteiger partial charge in [-0.15, -0.1) is 6.58 Å². The van der Waals surface area contributed by atoms with E-state index in [1.807, 2.05) is 6.92 Å². The van der Waals surface area contributed by atoms with Crippen LogP contribution < -0.4 is 4.74 Å². The third-order valence-corrected chi connectivity index (χ3v) is 1.39. The Hall–Kier alpha value is -1.45. The molecule has 0 unspecified atom stereocenters. The molecule has 0 radical (unpaired) electrons. The SMILES string of the molecule is C=C(C)CCOc1cc(F)ncn1. The standard InChI is InChI=1S/C9H11FN2O/c1-7(2)3-4-13-9-5-8(10)11-6-12-9/h5-6H,1,3-4H2,2H3. The first kappa shape index (κ1) is 9.64. The molecule has 0 aliphatic heterocycles. The van der Waals surface area contributed by atoms with Gasteiger partial charge in [-0.3, -0.25) is 0 Å². The predicted octanol–water partition coefficient (Wildman–Crippen LogP) is 1.96. The van der Waals surface area contributed by atoms with E-state index in [-0.39, 0.29) is 5.88 Å². The van der Waals surface area contributed by atoms with Gasteiger partial charge >= 0.3 is 0 Å². The van der Waals surface area contributed by atoms with Gasteiger partial charge in [-0.2, -0.15) is 4.39 Å². The highest BCUT2D eigenvalue weighted by Gasteiger charge is 1.97. The molecule has 1 aromatic heterocycles. The number of ether oxygens (including phenoxy) is 1. The molecule has 13 heavy (non-hydrogen) atoms. The highest BCUT2D eigenvalue weighted by atomic mass is 19.1. The first-order valence-electron chi connectivity index (χ1n) is 3.93. The summed E-state index contributed by atoms with van der Waals surface area (Å²) in [5.41, 5.74) is 1.02. The van der Waals surface area contributed by atoms with Crippen LogP contribution in [0.25, 0.3) is 0 Å². The van der Waals surface area contributed by atoms with Gasteiger partial charge in [0.2, 0.25) is 11.8 Å². The second-order valence-corrected chi connectivity index (χ2v) is 2.73. The van der Waals surface area contributed by atoms with Crippen molar-refractivity contribution in [2.75, 3.05) is 6.61 Å². The van der Waals surface area contributed by atoms with Gasteiger partial charge in [-0.05, 0) is 6.92 Å². The van der Waals surface area contributed by atoms with Gasteiger partial charge < -0.3 is 4.74 Å². The molecule has 0 fully saturated rings. The van der Waals surface area contributed by atoms with Crippen LogP contribution in [0.1, 0.15) is 13.3 Å². The van der Waals surface area contributed by atoms with Crippen molar-refractivity contribution in [2.24, 2.45) is 0 Å². The average molecular weight is 182 g/mol. The molecule has 0 aliphatic carbocycles. The van der Waals surface area contributed by atoms with E-state index in [9.17, 15) is 4.39 Å². The number of nitrogens with zero attached hydrogens (tertiary/aromatic N) is 2. The van der Waals surface area contributed by atoms with Crippen molar-refractivity contribution < 1.29 is 9.13 Å². The van der Waals surface area contributed by atoms with Crippen molar-refractivity contribution >= 4 is 0 Å². The van der Waals surface area contributed by atoms with Crippen molar-refractivity contribution in [3.05, 3.63) is 30.5 Å². The molecule has 0 saturated carbocycles. The van der Waals surface area contributed by atoms with Crippen molar-refractivity contribution in [1.29, 1.82) is 0 Å². The van der Waals surface area contributed by atoms with Crippen molar-refractivity contribution in [1.82, 2.24) is 9.97 Å². The highest BCUT2D eigenvalue weighted by molar-refractivity contribution is 5.06. The summed E-state index contributed by atoms with van der Waals surface area (Å²) < 4.78 is 17.7. The van der Waals surface area contributed by atoms with E-state index < -0.39 is 5.95 Å². The van der Waals surface area contributed by atoms with Crippen LogP contribution in [0.2, 0.25) is 0 Å². The molecular weight excluding hydrogens is 171 g/mol. The minimum absolute atomic E-state index is 0.258. The summed E-state index contributed by atoms with van der Waals surface area (Å²) >= 11 is 0. The third kappa shape index (κ3) is 3.64. The molecule has 0 aromatic carbocycles. The number of hydrogen-bond donors (Lipinski definition) is 0. The second-order valence-electron chi connectivity index (χ2n) is 2.73. The quantitative estimate of drug-likeness (QED) is 0.527. The van der Waals surface area contributed by atoms with E-state index in [2.05, 4.69) is 16.5 Å². The summed E-state index contributed by atoms with van der Waals surface area (Å²) in [5.74, 6) is -0.325. The second kappa shape index (κ2) is 4.54. The van der Waals surface area contributed by atoms with Crippen LogP contribution in [-0.4, -0.2) is 16.6 Å². The third-order valence-electron chi connectivity index (χ3n) is 1.39. The Kier molecular flexibility index (Phi) is 3.37. The number of hydrogen-bond acceptors (Lipinski definition) is 3. The van der Waals surface area contributed by atoms with Crippen LogP contribution in [0.15, 0.2) is 24.5 Å². The Morgan fingerprint density at radius 2 is 2.38 bits per heavy atom. The van der Waals surface area contributed by atoms with Crippen molar-refractivity contribution in [3.63, 3.8) is 0 Å². The fraction of sp³-hybridized carbons (Fsp3) is 0.333. The van der Waals surface area contributed by atoms with E-state index in [0.29, 0.717) is 6.61 Å². The zero-order valence-corrected chi connectivity index (χ0v) is 7.46. The molecule has 1 heterocycles. The zero-order valence-electron chi connectivity index (χ0n) is 7.46. The Balaban J connectivity index is 2.41. The molecule has 70 valence electrons. The predicted molar refractivity (Wildman–Crippen MR) is 46.9 cm³/mol. The van der Waals surface area contributed by atoms with Crippen molar-refractivity contribution in [3.8, 4) is 5.88 Å². The van der Waals surface area contributed by atoms with Gasteiger partial charge in [-0.1, -0.05) is 5.57 Å². The first-order valence-corrected chi connectivity index (χ1v) is 3.93. The van der Waals surface area contributed by atoms with Crippen LogP contribution >= 0.6 is 0 Å². The minimum atomic E-state index is -0.583. The molecule has 0 spiro atoms. The van der Waals surface area contributed by atoms with E-state index in [1.165, 1.54) is 0 Å². The van der Waals surface area contributed by atoms with Crippen LogP contribution in [0, 0.1) is 5.95 Å². The molecule has 1 aromatic rings. The lowest BCUT2D eigenvalue weighted by Gasteiger charge is -2.03. The molecule has 3 nitrogen and oxygen atoms in total. The van der Waals surface area contributed by atoms with Gasteiger partial charge in [0.15, 0.2) is 0 Å². The van der Waals surface area contributed by atoms with Gasteiger partial charge in [0.05, 0.1) is 12.7 Å². The molecule has 1 rings (SSSR count). The van der Waals surface area contributed by atoms with E-state index in [0.717, 1.165) is 24.4 Å². The topological polar surface area (TPSA) is 35.0 Å². The van der Waals surface area contributed by atoms with Gasteiger partial charge in [0.1, 0.15) is 6.33 Å². The summed E-state index contributed by atoms with van der Waals surface area (Å²) in [6.45, 7) is 6.09. The van der Waals surface area contributed by atoms with Gasteiger partial charge in [-0.25, -0.2) is 9.97 Å². The molecule has 0 saturated heterocycles. The van der Waals surface area contributed by atoms with Gasteiger partial charge in [0.25, 0.3) is 0 Å². The fourth-order valence-electron chi connectivity index (χ4n) is 0.726. The first-order chi connectivity index (χ1) is 6.18. The number of halogens is 1. The Morgan fingerprint density at radius 3 is 3.00 bits per heavy atom. The van der Waals surface area contributed by atoms with E-state index in [1.54, 1.807) is 0 Å². The maximum atomic E-state index is 12.5. The molecule has 0 atom stereocenters. The number of aromatic nitrogens is 2. The monoisotopic (exact) mass is 182 g/mol. The highest BCUT2D eigenvalue weighted by Crippen LogP contribution is 2.06. The maximum Gasteiger partial charge on any atom is 0.219 e. The average Bonchev–Trinajstić information content (AvgIpc) is 2.03. The Morgan fingerprint density at radius 1 is 1.62 bits per heavy atom. The molecule has 4 heteroatoms. The summed E-state index contributed by atoms with van der Waals surface area (Å²) in [6.07, 6.45) is 1.87. The largest absolute Gasteiger partial charge is 0.477 e. The molecule has 0 bridgehead atoms. The van der Waals surface area contributed by atoms with E-state index in [4.69, 9.17) is 4.74 Å². The maximum absolute atomic E-state index is 12.5. The lowest BCUT2D eigenvalue weighted by Crippen LogP contribution is -2.00. The zero-order chi connectivity index (χ0) is 9.68. The van der Waals surface area contributed by atoms with Crippen LogP contribution in [-0.2, 0) is 0 Å². The lowest BCUT2D eigenvalue weighted by atomic mass is 10.3. The normalized spacial score (nSPS) is 9.69. The van der Waals surface area contributed by atoms with E-state index >= 15 is 0 Å². The summed E-state index contributed by atoms with van der Waals surface area (Å²) in [6, 6.07) is 1.15. The Labute approximate surface area is 76.3 Å². The molecule has 0 aliphatic rings. The van der Waals surface area contributed by atoms with Crippen LogP contribution in [0.3, 0.4) is 0 Å². The van der Waals surface area contributed by atoms with Crippen LogP contribution in [0.4, 0.5) is 4.39 Å². The minimum Gasteiger partial charge on any atom is -0.477 e. The summed E-state index contributed by atoms with van der Waals surface area (Å²) in [4.78, 5) is 7.04. The molecule has 0 amide bonds. The fourth-order valence-corrected chi connectivity index (χ4v) is 0.726. The Bertz CT molecular complexity index is 301. The molecular formula is C9H11FN2O. The van der Waals surface area contributed by atoms with Crippen LogP contribution in [0.5, 0.6) is 5.88 Å². The lowest BCUT2D eigenvalue weighted by molar-refractivity contribution is 0.306. The summed E-state index contributed by atoms with van der Waals surface area (Å²) in [7, 11) is 0. The van der Waals surface area contributed by atoms with Crippen molar-refractivity contribution in [2.45, 2.75) is 13.3 Å². The smallest absolute Gasteiger partial charge is 0.219 e. The van der Waals surface area contributed by atoms with Gasteiger partial charge in [0, 0.05) is 6.42 Å². The summed E-state index contributed by atoms with van der Waals surface area (Å²) in [5, 5.41) is 0. The molecule has 0 N–H and O–H groups in total. The number of rotatable bonds is 4.